The quantitative estimate of drug-likeness (QED) is 0.783. The van der Waals surface area contributed by atoms with Crippen LogP contribution in [0.5, 0.6) is 0 Å². The number of nitrogens with one attached hydrogen (secondary N) is 2. The van der Waals surface area contributed by atoms with Crippen molar-refractivity contribution in [1.29, 1.82) is 0 Å². The molecule has 0 unspecified atom stereocenters. The van der Waals surface area contributed by atoms with Crippen LogP contribution >= 0.6 is 11.6 Å². The lowest BCUT2D eigenvalue weighted by molar-refractivity contribution is -0.120. The number of anilines is 1. The Kier molecular flexibility index (Phi) is 3.91. The molecule has 5 nitrogen and oxygen atoms in total. The molecule has 0 aromatic carbocycles. The lowest BCUT2D eigenvalue weighted by Crippen LogP contribution is -2.37. The first kappa shape index (κ1) is 12.3. The number of aryl methyl sites for hydroxylation is 1. The first-order valence-electron chi connectivity index (χ1n) is 5.68. The molecule has 1 aromatic rings. The molecule has 0 aliphatic carbocycles. The minimum absolute atomic E-state index is 0.00774. The van der Waals surface area contributed by atoms with E-state index in [1.165, 1.54) is 0 Å². The maximum Gasteiger partial charge on any atom is 0.231 e. The van der Waals surface area contributed by atoms with E-state index in [4.69, 9.17) is 11.6 Å². The normalized spacial score (nSPS) is 20.0. The lowest BCUT2D eigenvalue weighted by Gasteiger charge is -2.21. The van der Waals surface area contributed by atoms with Gasteiger partial charge in [-0.1, -0.05) is 11.6 Å². The highest BCUT2D eigenvalue weighted by Gasteiger charge is 2.21. The van der Waals surface area contributed by atoms with Crippen molar-refractivity contribution >= 4 is 23.5 Å². The van der Waals surface area contributed by atoms with Gasteiger partial charge in [0.25, 0.3) is 0 Å². The minimum atomic E-state index is -0.0427. The van der Waals surface area contributed by atoms with Crippen molar-refractivity contribution in [2.24, 2.45) is 5.92 Å². The topological polar surface area (TPSA) is 66.9 Å². The summed E-state index contributed by atoms with van der Waals surface area (Å²) in [5.74, 6) is 0.232. The van der Waals surface area contributed by atoms with E-state index in [2.05, 4.69) is 20.6 Å². The van der Waals surface area contributed by atoms with Crippen LogP contribution in [0.4, 0.5) is 5.95 Å². The van der Waals surface area contributed by atoms with Crippen LogP contribution in [0.2, 0.25) is 5.15 Å². The standard InChI is InChI=1S/C11H15ClN4O/c1-7-5-9(12)15-11(14-7)16-10(17)8-3-2-4-13-6-8/h5,8,13H,2-4,6H2,1H3,(H,14,15,16,17)/t8-/m0/s1. The molecule has 6 heteroatoms. The van der Waals surface area contributed by atoms with Gasteiger partial charge in [0.05, 0.1) is 5.92 Å². The summed E-state index contributed by atoms with van der Waals surface area (Å²) in [6.07, 6.45) is 1.92. The molecular formula is C11H15ClN4O. The number of carbonyl (C=O) groups excluding carboxylic acids is 1. The highest BCUT2D eigenvalue weighted by Crippen LogP contribution is 2.14. The summed E-state index contributed by atoms with van der Waals surface area (Å²) in [6, 6.07) is 1.65. The van der Waals surface area contributed by atoms with Crippen LogP contribution in [0.25, 0.3) is 0 Å². The van der Waals surface area contributed by atoms with E-state index in [9.17, 15) is 4.79 Å². The Morgan fingerprint density at radius 1 is 1.59 bits per heavy atom. The summed E-state index contributed by atoms with van der Waals surface area (Å²) in [7, 11) is 0. The SMILES string of the molecule is Cc1cc(Cl)nc(NC(=O)[C@H]2CCCNC2)n1. The third-order valence-corrected chi connectivity index (χ3v) is 2.92. The van der Waals surface area contributed by atoms with Crippen molar-refractivity contribution in [3.8, 4) is 0 Å². The molecule has 0 saturated carbocycles. The molecule has 0 radical (unpaired) electrons. The third kappa shape index (κ3) is 3.38. The van der Waals surface area contributed by atoms with Crippen molar-refractivity contribution in [3.63, 3.8) is 0 Å². The van der Waals surface area contributed by atoms with Crippen LogP contribution in [-0.2, 0) is 4.79 Å². The van der Waals surface area contributed by atoms with E-state index >= 15 is 0 Å². The van der Waals surface area contributed by atoms with Crippen molar-refractivity contribution in [1.82, 2.24) is 15.3 Å². The van der Waals surface area contributed by atoms with Crippen LogP contribution in [0, 0.1) is 12.8 Å². The summed E-state index contributed by atoms with van der Waals surface area (Å²) in [6.45, 7) is 3.51. The fourth-order valence-corrected chi connectivity index (χ4v) is 2.11. The molecule has 1 aliphatic rings. The van der Waals surface area contributed by atoms with Gasteiger partial charge in [-0.3, -0.25) is 10.1 Å². The Morgan fingerprint density at radius 3 is 3.06 bits per heavy atom. The van der Waals surface area contributed by atoms with Gasteiger partial charge in [-0.2, -0.15) is 0 Å². The van der Waals surface area contributed by atoms with Gasteiger partial charge in [-0.15, -0.1) is 0 Å². The number of hydrogen-bond acceptors (Lipinski definition) is 4. The van der Waals surface area contributed by atoms with Gasteiger partial charge in [0, 0.05) is 12.2 Å². The predicted octanol–water partition coefficient (Wildman–Crippen LogP) is 1.38. The van der Waals surface area contributed by atoms with Gasteiger partial charge >= 0.3 is 0 Å². The summed E-state index contributed by atoms with van der Waals surface area (Å²) < 4.78 is 0. The van der Waals surface area contributed by atoms with Gasteiger partial charge < -0.3 is 5.32 Å². The molecule has 1 aromatic heterocycles. The molecule has 1 aliphatic heterocycles. The van der Waals surface area contributed by atoms with Crippen LogP contribution in [0.1, 0.15) is 18.5 Å². The maximum absolute atomic E-state index is 11.9. The van der Waals surface area contributed by atoms with E-state index in [1.807, 2.05) is 6.92 Å². The number of halogens is 1. The zero-order chi connectivity index (χ0) is 12.3. The van der Waals surface area contributed by atoms with Gasteiger partial charge in [0.1, 0.15) is 5.15 Å². The Labute approximate surface area is 105 Å². The summed E-state index contributed by atoms with van der Waals surface area (Å²) in [4.78, 5) is 20.0. The summed E-state index contributed by atoms with van der Waals surface area (Å²) >= 11 is 5.80. The van der Waals surface area contributed by atoms with E-state index in [-0.39, 0.29) is 17.8 Å². The Balaban J connectivity index is 2.01. The van der Waals surface area contributed by atoms with Gasteiger partial charge in [-0.25, -0.2) is 9.97 Å². The molecule has 1 atom stereocenters. The number of rotatable bonds is 2. The van der Waals surface area contributed by atoms with Crippen LogP contribution in [0.15, 0.2) is 6.07 Å². The van der Waals surface area contributed by atoms with Crippen molar-refractivity contribution < 1.29 is 4.79 Å². The molecule has 1 saturated heterocycles. The summed E-state index contributed by atoms with van der Waals surface area (Å²) in [5, 5.41) is 6.25. The zero-order valence-corrected chi connectivity index (χ0v) is 10.4. The molecule has 92 valence electrons. The van der Waals surface area contributed by atoms with E-state index < -0.39 is 0 Å². The minimum Gasteiger partial charge on any atom is -0.316 e. The highest BCUT2D eigenvalue weighted by atomic mass is 35.5. The second-order valence-corrected chi connectivity index (χ2v) is 4.58. The largest absolute Gasteiger partial charge is 0.316 e. The summed E-state index contributed by atoms with van der Waals surface area (Å²) in [5.41, 5.74) is 0.738. The fraction of sp³-hybridized carbons (Fsp3) is 0.545. The van der Waals surface area contributed by atoms with Gasteiger partial charge in [0.15, 0.2) is 0 Å². The molecule has 2 rings (SSSR count). The third-order valence-electron chi connectivity index (χ3n) is 2.73. The molecular weight excluding hydrogens is 240 g/mol. The van der Waals surface area contributed by atoms with Gasteiger partial charge in [-0.05, 0) is 32.4 Å². The number of hydrogen-bond donors (Lipinski definition) is 2. The molecule has 17 heavy (non-hydrogen) atoms. The van der Waals surface area contributed by atoms with E-state index in [1.54, 1.807) is 6.07 Å². The van der Waals surface area contributed by atoms with Crippen LogP contribution in [-0.4, -0.2) is 29.0 Å². The highest BCUT2D eigenvalue weighted by molar-refractivity contribution is 6.29. The van der Waals surface area contributed by atoms with Crippen LogP contribution < -0.4 is 10.6 Å². The first-order chi connectivity index (χ1) is 8.15. The number of nitrogens with zero attached hydrogens (tertiary/aromatic N) is 2. The fourth-order valence-electron chi connectivity index (χ4n) is 1.87. The predicted molar refractivity (Wildman–Crippen MR) is 66.0 cm³/mol. The van der Waals surface area contributed by atoms with Gasteiger partial charge in [0.2, 0.25) is 11.9 Å². The maximum atomic E-state index is 11.9. The molecule has 0 bridgehead atoms. The van der Waals surface area contributed by atoms with Crippen LogP contribution in [0.3, 0.4) is 0 Å². The van der Waals surface area contributed by atoms with Crippen molar-refractivity contribution in [2.75, 3.05) is 18.4 Å². The Hall–Kier alpha value is -1.20. The van der Waals surface area contributed by atoms with Crippen molar-refractivity contribution in [3.05, 3.63) is 16.9 Å². The second-order valence-electron chi connectivity index (χ2n) is 4.19. The Bertz CT molecular complexity index is 398. The Morgan fingerprint density at radius 2 is 2.41 bits per heavy atom. The molecule has 2 heterocycles. The monoisotopic (exact) mass is 254 g/mol. The molecule has 1 fully saturated rings. The second kappa shape index (κ2) is 5.42. The number of piperidine rings is 1. The molecule has 2 N–H and O–H groups in total. The number of carbonyl (C=O) groups is 1. The average molecular weight is 255 g/mol. The zero-order valence-electron chi connectivity index (χ0n) is 9.66. The van der Waals surface area contributed by atoms with Crippen molar-refractivity contribution in [2.45, 2.75) is 19.8 Å². The smallest absolute Gasteiger partial charge is 0.231 e. The number of aromatic nitrogens is 2. The number of amides is 1. The first-order valence-corrected chi connectivity index (χ1v) is 6.06. The van der Waals surface area contributed by atoms with E-state index in [0.29, 0.717) is 11.7 Å². The molecule has 1 amide bonds. The average Bonchev–Trinajstić information content (AvgIpc) is 2.28. The lowest BCUT2D eigenvalue weighted by atomic mass is 9.99. The molecule has 0 spiro atoms. The van der Waals surface area contributed by atoms with E-state index in [0.717, 1.165) is 25.1 Å².